The van der Waals surface area contributed by atoms with Crippen molar-refractivity contribution in [1.29, 1.82) is 0 Å². The molecule has 0 atom stereocenters. The SMILES string of the molecule is O=S(=O)(Nc1cnc(-n2ccnn2)nc1NCc1ccccc1)c1cccs1. The summed E-state index contributed by atoms with van der Waals surface area (Å²) in [5.41, 5.74) is 1.27. The molecule has 11 heteroatoms. The number of benzene rings is 1. The summed E-state index contributed by atoms with van der Waals surface area (Å²) in [6, 6.07) is 12.9. The maximum atomic E-state index is 12.6. The van der Waals surface area contributed by atoms with Crippen LogP contribution >= 0.6 is 11.3 Å². The zero-order valence-corrected chi connectivity index (χ0v) is 16.1. The molecule has 0 fully saturated rings. The standard InChI is InChI=1S/C17H15N7O2S2/c25-28(26,15-7-4-10-27-15)22-14-12-19-17(24-9-8-20-23-24)21-16(14)18-11-13-5-2-1-3-6-13/h1-10,12,22H,11H2,(H,18,19,21). The van der Waals surface area contributed by atoms with E-state index in [1.54, 1.807) is 17.6 Å². The highest BCUT2D eigenvalue weighted by Gasteiger charge is 2.19. The monoisotopic (exact) mass is 413 g/mol. The Hall–Kier alpha value is -3.31. The van der Waals surface area contributed by atoms with Gasteiger partial charge in [0.25, 0.3) is 16.0 Å². The Morgan fingerprint density at radius 3 is 2.68 bits per heavy atom. The minimum Gasteiger partial charge on any atom is -0.364 e. The summed E-state index contributed by atoms with van der Waals surface area (Å²) in [4.78, 5) is 8.60. The predicted molar refractivity (Wildman–Crippen MR) is 106 cm³/mol. The van der Waals surface area contributed by atoms with Crippen molar-refractivity contribution in [2.75, 3.05) is 10.0 Å². The van der Waals surface area contributed by atoms with Crippen LogP contribution in [0, 0.1) is 0 Å². The van der Waals surface area contributed by atoms with Crippen LogP contribution in [0.2, 0.25) is 0 Å². The second kappa shape index (κ2) is 7.74. The molecule has 1 aromatic carbocycles. The molecule has 0 spiro atoms. The average molecular weight is 413 g/mol. The molecule has 0 amide bonds. The lowest BCUT2D eigenvalue weighted by molar-refractivity contribution is 0.603. The predicted octanol–water partition coefficient (Wildman–Crippen LogP) is 2.53. The van der Waals surface area contributed by atoms with Crippen LogP contribution in [0.3, 0.4) is 0 Å². The maximum Gasteiger partial charge on any atom is 0.271 e. The molecule has 0 saturated carbocycles. The van der Waals surface area contributed by atoms with Gasteiger partial charge in [0.1, 0.15) is 9.90 Å². The Balaban J connectivity index is 1.66. The van der Waals surface area contributed by atoms with Crippen molar-refractivity contribution < 1.29 is 8.42 Å². The molecule has 4 aromatic rings. The fraction of sp³-hybridized carbons (Fsp3) is 0.0588. The summed E-state index contributed by atoms with van der Waals surface area (Å²) in [7, 11) is -3.73. The molecule has 3 heterocycles. The van der Waals surface area contributed by atoms with Crippen molar-refractivity contribution in [3.63, 3.8) is 0 Å². The van der Waals surface area contributed by atoms with Gasteiger partial charge in [-0.15, -0.1) is 16.4 Å². The molecular formula is C17H15N7O2S2. The Labute approximate surface area is 165 Å². The van der Waals surface area contributed by atoms with Crippen molar-refractivity contribution in [3.8, 4) is 5.95 Å². The topological polar surface area (TPSA) is 115 Å². The van der Waals surface area contributed by atoms with Crippen molar-refractivity contribution in [2.45, 2.75) is 10.8 Å². The maximum absolute atomic E-state index is 12.6. The number of thiophene rings is 1. The highest BCUT2D eigenvalue weighted by molar-refractivity contribution is 7.94. The summed E-state index contributed by atoms with van der Waals surface area (Å²) in [5, 5.41) is 12.5. The van der Waals surface area contributed by atoms with Crippen molar-refractivity contribution >= 4 is 32.9 Å². The molecule has 0 aliphatic carbocycles. The minimum atomic E-state index is -3.73. The molecule has 0 unspecified atom stereocenters. The highest BCUT2D eigenvalue weighted by Crippen LogP contribution is 2.25. The molecule has 3 aromatic heterocycles. The Kier molecular flexibility index (Phi) is 5.00. The van der Waals surface area contributed by atoms with E-state index >= 15 is 0 Å². The number of hydrogen-bond acceptors (Lipinski definition) is 8. The fourth-order valence-electron chi connectivity index (χ4n) is 2.40. The number of nitrogens with zero attached hydrogens (tertiary/aromatic N) is 5. The van der Waals surface area contributed by atoms with Crippen LogP contribution in [0.25, 0.3) is 5.95 Å². The van der Waals surface area contributed by atoms with E-state index in [1.165, 1.54) is 23.1 Å². The van der Waals surface area contributed by atoms with Crippen LogP contribution in [0.4, 0.5) is 11.5 Å². The van der Waals surface area contributed by atoms with E-state index < -0.39 is 10.0 Å². The van der Waals surface area contributed by atoms with Gasteiger partial charge in [-0.1, -0.05) is 41.6 Å². The van der Waals surface area contributed by atoms with Crippen molar-refractivity contribution in [1.82, 2.24) is 25.0 Å². The van der Waals surface area contributed by atoms with E-state index in [0.717, 1.165) is 16.9 Å². The lowest BCUT2D eigenvalue weighted by Crippen LogP contribution is -2.16. The number of sulfonamides is 1. The number of rotatable bonds is 7. The van der Waals surface area contributed by atoms with Crippen LogP contribution in [-0.4, -0.2) is 33.4 Å². The molecule has 0 radical (unpaired) electrons. The van der Waals surface area contributed by atoms with Gasteiger partial charge in [-0.3, -0.25) is 4.72 Å². The molecule has 4 rings (SSSR count). The first-order valence-corrected chi connectivity index (χ1v) is 10.6. The van der Waals surface area contributed by atoms with Gasteiger partial charge in [0, 0.05) is 6.54 Å². The molecule has 0 aliphatic rings. The lowest BCUT2D eigenvalue weighted by Gasteiger charge is -2.13. The smallest absolute Gasteiger partial charge is 0.271 e. The van der Waals surface area contributed by atoms with E-state index in [1.807, 2.05) is 30.3 Å². The fourth-order valence-corrected chi connectivity index (χ4v) is 4.44. The molecule has 0 aliphatic heterocycles. The highest BCUT2D eigenvalue weighted by atomic mass is 32.2. The third-order valence-corrected chi connectivity index (χ3v) is 6.47. The number of aromatic nitrogens is 5. The second-order valence-electron chi connectivity index (χ2n) is 5.66. The third-order valence-electron chi connectivity index (χ3n) is 3.71. The van der Waals surface area contributed by atoms with E-state index in [2.05, 4.69) is 30.3 Å². The van der Waals surface area contributed by atoms with E-state index in [0.29, 0.717) is 12.4 Å². The zero-order chi connectivity index (χ0) is 19.4. The van der Waals surface area contributed by atoms with E-state index in [4.69, 9.17) is 0 Å². The largest absolute Gasteiger partial charge is 0.364 e. The zero-order valence-electron chi connectivity index (χ0n) is 14.4. The Morgan fingerprint density at radius 1 is 1.11 bits per heavy atom. The van der Waals surface area contributed by atoms with Gasteiger partial charge in [-0.2, -0.15) is 9.67 Å². The van der Waals surface area contributed by atoms with E-state index in [9.17, 15) is 8.42 Å². The van der Waals surface area contributed by atoms with E-state index in [-0.39, 0.29) is 15.8 Å². The van der Waals surface area contributed by atoms with Crippen LogP contribution in [0.1, 0.15) is 5.56 Å². The molecule has 0 bridgehead atoms. The van der Waals surface area contributed by atoms with Crippen molar-refractivity contribution in [3.05, 3.63) is 72.0 Å². The van der Waals surface area contributed by atoms with Gasteiger partial charge >= 0.3 is 0 Å². The Morgan fingerprint density at radius 2 is 1.96 bits per heavy atom. The summed E-state index contributed by atoms with van der Waals surface area (Å²) >= 11 is 1.13. The normalized spacial score (nSPS) is 11.3. The third kappa shape index (κ3) is 4.00. The summed E-state index contributed by atoms with van der Waals surface area (Å²) in [6.07, 6.45) is 4.52. The average Bonchev–Trinajstić information content (AvgIpc) is 3.42. The summed E-state index contributed by atoms with van der Waals surface area (Å²) in [6.45, 7) is 0.461. The van der Waals surface area contributed by atoms with Crippen LogP contribution in [-0.2, 0) is 16.6 Å². The van der Waals surface area contributed by atoms with Gasteiger partial charge in [-0.05, 0) is 17.0 Å². The number of anilines is 2. The van der Waals surface area contributed by atoms with Gasteiger partial charge < -0.3 is 5.32 Å². The molecule has 28 heavy (non-hydrogen) atoms. The molecule has 2 N–H and O–H groups in total. The van der Waals surface area contributed by atoms with Gasteiger partial charge in [0.2, 0.25) is 0 Å². The van der Waals surface area contributed by atoms with Crippen molar-refractivity contribution in [2.24, 2.45) is 0 Å². The van der Waals surface area contributed by atoms with Gasteiger partial charge in [0.05, 0.1) is 18.6 Å². The lowest BCUT2D eigenvalue weighted by atomic mass is 10.2. The second-order valence-corrected chi connectivity index (χ2v) is 8.51. The first kappa shape index (κ1) is 18.1. The number of nitrogens with one attached hydrogen (secondary N) is 2. The minimum absolute atomic E-state index is 0.210. The number of hydrogen-bond donors (Lipinski definition) is 2. The quantitative estimate of drug-likeness (QED) is 0.478. The summed E-state index contributed by atoms with van der Waals surface area (Å²) in [5.74, 6) is 0.608. The van der Waals surface area contributed by atoms with Crippen LogP contribution < -0.4 is 10.0 Å². The van der Waals surface area contributed by atoms with Gasteiger partial charge in [0.15, 0.2) is 5.82 Å². The molecule has 0 saturated heterocycles. The molecule has 142 valence electrons. The summed E-state index contributed by atoms with van der Waals surface area (Å²) < 4.78 is 29.3. The molecule has 9 nitrogen and oxygen atoms in total. The Bertz CT molecular complexity index is 1150. The van der Waals surface area contributed by atoms with Crippen LogP contribution in [0.5, 0.6) is 0 Å². The van der Waals surface area contributed by atoms with Gasteiger partial charge in [-0.25, -0.2) is 13.4 Å². The van der Waals surface area contributed by atoms with Crippen LogP contribution in [0.15, 0.2) is 70.6 Å². The molecular weight excluding hydrogens is 398 g/mol. The first-order chi connectivity index (χ1) is 13.6. The first-order valence-electron chi connectivity index (χ1n) is 8.20.